The molecule has 15 heavy (non-hydrogen) atoms. The first-order valence-electron chi connectivity index (χ1n) is 5.00. The number of aromatic nitrogens is 1. The van der Waals surface area contributed by atoms with E-state index in [2.05, 4.69) is 40.1 Å². The van der Waals surface area contributed by atoms with Gasteiger partial charge in [-0.3, -0.25) is 4.79 Å². The molecule has 0 atom stereocenters. The Hall–Kier alpha value is -0.900. The molecule has 1 aromatic heterocycles. The van der Waals surface area contributed by atoms with Crippen molar-refractivity contribution in [3.8, 4) is 0 Å². The second-order valence-electron chi connectivity index (χ2n) is 3.83. The van der Waals surface area contributed by atoms with Crippen molar-refractivity contribution < 1.29 is 4.79 Å². The van der Waals surface area contributed by atoms with Crippen LogP contribution in [-0.2, 0) is 4.79 Å². The Morgan fingerprint density at radius 3 is 2.87 bits per heavy atom. The van der Waals surface area contributed by atoms with Crippen LogP contribution in [0.15, 0.2) is 22.8 Å². The number of anilines is 1. The Kier molecular flexibility index (Phi) is 4.75. The fourth-order valence-corrected chi connectivity index (χ4v) is 1.45. The molecule has 0 radical (unpaired) electrons. The first kappa shape index (κ1) is 12.2. The highest BCUT2D eigenvalue weighted by Crippen LogP contribution is 2.11. The standard InChI is InChI=1S/C11H15BrN2O/c1-8(2)6-7-11(15)14-10-5-3-4-9(12)13-10/h3-5,8H,6-7H2,1-2H3,(H,13,14,15). The van der Waals surface area contributed by atoms with Gasteiger partial charge < -0.3 is 5.32 Å². The van der Waals surface area contributed by atoms with Gasteiger partial charge in [0.15, 0.2) is 0 Å². The van der Waals surface area contributed by atoms with Gasteiger partial charge in [0.25, 0.3) is 0 Å². The van der Waals surface area contributed by atoms with Crippen LogP contribution in [0.2, 0.25) is 0 Å². The molecule has 1 heterocycles. The molecule has 0 saturated heterocycles. The summed E-state index contributed by atoms with van der Waals surface area (Å²) in [6.07, 6.45) is 1.45. The highest BCUT2D eigenvalue weighted by molar-refractivity contribution is 9.10. The maximum atomic E-state index is 11.5. The van der Waals surface area contributed by atoms with Gasteiger partial charge in [-0.1, -0.05) is 19.9 Å². The van der Waals surface area contributed by atoms with Crippen molar-refractivity contribution in [3.63, 3.8) is 0 Å². The van der Waals surface area contributed by atoms with Gasteiger partial charge in [0.2, 0.25) is 5.91 Å². The van der Waals surface area contributed by atoms with Crippen LogP contribution in [0.3, 0.4) is 0 Å². The number of amides is 1. The molecule has 0 bridgehead atoms. The van der Waals surface area contributed by atoms with Gasteiger partial charge in [-0.25, -0.2) is 4.98 Å². The van der Waals surface area contributed by atoms with E-state index in [4.69, 9.17) is 0 Å². The first-order valence-corrected chi connectivity index (χ1v) is 5.79. The highest BCUT2D eigenvalue weighted by Gasteiger charge is 2.04. The lowest BCUT2D eigenvalue weighted by Gasteiger charge is -2.06. The van der Waals surface area contributed by atoms with Crippen molar-refractivity contribution >= 4 is 27.7 Å². The zero-order chi connectivity index (χ0) is 11.3. The van der Waals surface area contributed by atoms with Gasteiger partial charge in [0.05, 0.1) is 0 Å². The minimum absolute atomic E-state index is 0.0225. The number of hydrogen-bond donors (Lipinski definition) is 1. The topological polar surface area (TPSA) is 42.0 Å². The van der Waals surface area contributed by atoms with Crippen molar-refractivity contribution in [3.05, 3.63) is 22.8 Å². The molecule has 0 spiro atoms. The van der Waals surface area contributed by atoms with Gasteiger partial charge in [-0.2, -0.15) is 0 Å². The lowest BCUT2D eigenvalue weighted by atomic mass is 10.1. The minimum Gasteiger partial charge on any atom is -0.311 e. The van der Waals surface area contributed by atoms with Crippen LogP contribution in [0.25, 0.3) is 0 Å². The van der Waals surface area contributed by atoms with Crippen molar-refractivity contribution in [2.24, 2.45) is 5.92 Å². The molecule has 1 N–H and O–H groups in total. The smallest absolute Gasteiger partial charge is 0.225 e. The average molecular weight is 271 g/mol. The van der Waals surface area contributed by atoms with Gasteiger partial charge in [-0.15, -0.1) is 0 Å². The van der Waals surface area contributed by atoms with Gasteiger partial charge in [0.1, 0.15) is 10.4 Å². The van der Waals surface area contributed by atoms with Crippen LogP contribution in [0.4, 0.5) is 5.82 Å². The quantitative estimate of drug-likeness (QED) is 0.854. The molecule has 82 valence electrons. The molecule has 3 nitrogen and oxygen atoms in total. The van der Waals surface area contributed by atoms with Crippen molar-refractivity contribution in [2.45, 2.75) is 26.7 Å². The molecule has 0 unspecified atom stereocenters. The number of pyridine rings is 1. The van der Waals surface area contributed by atoms with Crippen LogP contribution >= 0.6 is 15.9 Å². The summed E-state index contributed by atoms with van der Waals surface area (Å²) in [5.74, 6) is 1.17. The normalized spacial score (nSPS) is 10.4. The van der Waals surface area contributed by atoms with Crippen LogP contribution < -0.4 is 5.32 Å². The number of halogens is 1. The largest absolute Gasteiger partial charge is 0.311 e. The highest BCUT2D eigenvalue weighted by atomic mass is 79.9. The summed E-state index contributed by atoms with van der Waals surface area (Å²) in [6, 6.07) is 5.44. The summed E-state index contributed by atoms with van der Waals surface area (Å²) in [7, 11) is 0. The molecular formula is C11H15BrN2O. The predicted molar refractivity (Wildman–Crippen MR) is 64.6 cm³/mol. The Bertz CT molecular complexity index is 339. The Labute approximate surface area is 98.4 Å². The van der Waals surface area contributed by atoms with E-state index >= 15 is 0 Å². The Morgan fingerprint density at radius 2 is 2.27 bits per heavy atom. The van der Waals surface area contributed by atoms with E-state index in [-0.39, 0.29) is 5.91 Å². The zero-order valence-corrected chi connectivity index (χ0v) is 10.5. The second-order valence-corrected chi connectivity index (χ2v) is 4.64. The molecule has 1 aromatic rings. The zero-order valence-electron chi connectivity index (χ0n) is 8.96. The summed E-state index contributed by atoms with van der Waals surface area (Å²) in [5, 5.41) is 2.76. The summed E-state index contributed by atoms with van der Waals surface area (Å²) in [6.45, 7) is 4.20. The third-order valence-corrected chi connectivity index (χ3v) is 2.37. The first-order chi connectivity index (χ1) is 7.08. The fraction of sp³-hybridized carbons (Fsp3) is 0.455. The van der Waals surface area contributed by atoms with Crippen molar-refractivity contribution in [2.75, 3.05) is 5.32 Å². The molecule has 1 amide bonds. The van der Waals surface area contributed by atoms with Crippen molar-refractivity contribution in [1.29, 1.82) is 0 Å². The molecule has 0 fully saturated rings. The monoisotopic (exact) mass is 270 g/mol. The minimum atomic E-state index is 0.0225. The van der Waals surface area contributed by atoms with Crippen LogP contribution in [0, 0.1) is 5.92 Å². The van der Waals surface area contributed by atoms with E-state index in [0.29, 0.717) is 18.2 Å². The third kappa shape index (κ3) is 4.93. The Morgan fingerprint density at radius 1 is 1.53 bits per heavy atom. The number of rotatable bonds is 4. The number of nitrogens with zero attached hydrogens (tertiary/aromatic N) is 1. The van der Waals surface area contributed by atoms with E-state index in [1.54, 1.807) is 6.07 Å². The number of nitrogens with one attached hydrogen (secondary N) is 1. The predicted octanol–water partition coefficient (Wildman–Crippen LogP) is 3.22. The Balaban J connectivity index is 2.44. The summed E-state index contributed by atoms with van der Waals surface area (Å²) >= 11 is 3.25. The third-order valence-electron chi connectivity index (χ3n) is 1.93. The molecule has 0 aliphatic carbocycles. The van der Waals surface area contributed by atoms with E-state index in [0.717, 1.165) is 11.0 Å². The molecule has 0 aliphatic rings. The van der Waals surface area contributed by atoms with E-state index in [9.17, 15) is 4.79 Å². The average Bonchev–Trinajstić information content (AvgIpc) is 2.15. The number of carbonyl (C=O) groups is 1. The molecule has 1 rings (SSSR count). The van der Waals surface area contributed by atoms with Gasteiger partial charge in [0, 0.05) is 6.42 Å². The summed E-state index contributed by atoms with van der Waals surface area (Å²) in [4.78, 5) is 15.6. The number of hydrogen-bond acceptors (Lipinski definition) is 2. The van der Waals surface area contributed by atoms with Crippen LogP contribution in [0.1, 0.15) is 26.7 Å². The molecule has 0 aromatic carbocycles. The maximum absolute atomic E-state index is 11.5. The SMILES string of the molecule is CC(C)CCC(=O)Nc1cccc(Br)n1. The lowest BCUT2D eigenvalue weighted by Crippen LogP contribution is -2.13. The van der Waals surface area contributed by atoms with Gasteiger partial charge in [-0.05, 0) is 40.4 Å². The van der Waals surface area contributed by atoms with Crippen molar-refractivity contribution in [1.82, 2.24) is 4.98 Å². The number of carbonyl (C=O) groups excluding carboxylic acids is 1. The summed E-state index contributed by atoms with van der Waals surface area (Å²) in [5.41, 5.74) is 0. The van der Waals surface area contributed by atoms with E-state index in [1.807, 2.05) is 12.1 Å². The molecule has 0 saturated carbocycles. The molecule has 4 heteroatoms. The molecular weight excluding hydrogens is 256 g/mol. The van der Waals surface area contributed by atoms with Crippen LogP contribution in [-0.4, -0.2) is 10.9 Å². The fourth-order valence-electron chi connectivity index (χ4n) is 1.10. The second kappa shape index (κ2) is 5.85. The molecule has 0 aliphatic heterocycles. The maximum Gasteiger partial charge on any atom is 0.225 e. The van der Waals surface area contributed by atoms with E-state index in [1.165, 1.54) is 0 Å². The van der Waals surface area contributed by atoms with Crippen LogP contribution in [0.5, 0.6) is 0 Å². The summed E-state index contributed by atoms with van der Waals surface area (Å²) < 4.78 is 0.726. The lowest BCUT2D eigenvalue weighted by molar-refractivity contribution is -0.116. The van der Waals surface area contributed by atoms with E-state index < -0.39 is 0 Å². The van der Waals surface area contributed by atoms with Gasteiger partial charge >= 0.3 is 0 Å².